The van der Waals surface area contributed by atoms with E-state index in [1.807, 2.05) is 36.4 Å². The minimum atomic E-state index is 0.750. The molecule has 0 N–H and O–H groups in total. The van der Waals surface area contributed by atoms with Gasteiger partial charge in [0.25, 0.3) is 0 Å². The van der Waals surface area contributed by atoms with Crippen molar-refractivity contribution in [1.29, 1.82) is 0 Å². The predicted octanol–water partition coefficient (Wildman–Crippen LogP) is 5.70. The van der Waals surface area contributed by atoms with Crippen molar-refractivity contribution in [3.05, 3.63) is 73.7 Å². The molecule has 0 radical (unpaired) electrons. The van der Waals surface area contributed by atoms with Crippen LogP contribution in [0.3, 0.4) is 0 Å². The first kappa shape index (κ1) is 12.3. The summed E-state index contributed by atoms with van der Waals surface area (Å²) in [5.74, 6) is 0. The summed E-state index contributed by atoms with van der Waals surface area (Å²) in [4.78, 5) is 0. The van der Waals surface area contributed by atoms with Gasteiger partial charge in [0.2, 0.25) is 0 Å². The molecular weight excluding hydrogens is 331 g/mol. The van der Waals surface area contributed by atoms with Gasteiger partial charge in [-0.25, -0.2) is 0 Å². The van der Waals surface area contributed by atoms with Crippen LogP contribution in [-0.2, 0) is 6.42 Å². The second kappa shape index (κ2) is 4.73. The zero-order valence-corrected chi connectivity index (χ0v) is 12.5. The normalized spacial score (nSPS) is 13.9. The van der Waals surface area contributed by atoms with E-state index >= 15 is 0 Å². The molecule has 3 rings (SSSR count). The van der Waals surface area contributed by atoms with Gasteiger partial charge in [-0.1, -0.05) is 57.3 Å². The van der Waals surface area contributed by atoms with E-state index in [0.29, 0.717) is 0 Å². The monoisotopic (exact) mass is 338 g/mol. The molecule has 0 saturated carbocycles. The van der Waals surface area contributed by atoms with Gasteiger partial charge in [-0.15, -0.1) is 0 Å². The summed E-state index contributed by atoms with van der Waals surface area (Å²) >= 11 is 15.7. The SMILES string of the molecule is Clc1ccc(C2=C(Br)Cc3ccc(Cl)cc32)cc1. The molecule has 2 aromatic carbocycles. The molecule has 0 saturated heterocycles. The Morgan fingerprint density at radius 3 is 2.28 bits per heavy atom. The van der Waals surface area contributed by atoms with Gasteiger partial charge in [0.15, 0.2) is 0 Å². The fourth-order valence-corrected chi connectivity index (χ4v) is 3.31. The van der Waals surface area contributed by atoms with Crippen molar-refractivity contribution in [3.63, 3.8) is 0 Å². The van der Waals surface area contributed by atoms with Gasteiger partial charge >= 0.3 is 0 Å². The molecule has 0 aromatic heterocycles. The molecule has 0 spiro atoms. The number of hydrogen-bond acceptors (Lipinski definition) is 0. The zero-order valence-electron chi connectivity index (χ0n) is 9.38. The van der Waals surface area contributed by atoms with Gasteiger partial charge in [0.05, 0.1) is 0 Å². The van der Waals surface area contributed by atoms with Gasteiger partial charge in [0.1, 0.15) is 0 Å². The second-order valence-corrected chi connectivity index (χ2v) is 6.10. The molecule has 0 aliphatic heterocycles. The molecule has 90 valence electrons. The number of halogens is 3. The lowest BCUT2D eigenvalue weighted by Gasteiger charge is -2.07. The standard InChI is InChI=1S/C15H9BrCl2/c16-14-7-10-3-6-12(18)8-13(10)15(14)9-1-4-11(17)5-2-9/h1-6,8H,7H2. The van der Waals surface area contributed by atoms with E-state index < -0.39 is 0 Å². The molecule has 0 bridgehead atoms. The van der Waals surface area contributed by atoms with Gasteiger partial charge in [-0.2, -0.15) is 0 Å². The molecule has 3 heteroatoms. The summed E-state index contributed by atoms with van der Waals surface area (Å²) in [5, 5.41) is 1.52. The summed E-state index contributed by atoms with van der Waals surface area (Å²) in [6.07, 6.45) is 0.921. The van der Waals surface area contributed by atoms with Gasteiger partial charge in [-0.3, -0.25) is 0 Å². The van der Waals surface area contributed by atoms with Crippen LogP contribution in [0.2, 0.25) is 10.0 Å². The summed E-state index contributed by atoms with van der Waals surface area (Å²) in [6.45, 7) is 0. The fraction of sp³-hybridized carbons (Fsp3) is 0.0667. The molecule has 1 aliphatic carbocycles. The molecule has 18 heavy (non-hydrogen) atoms. The molecule has 1 aliphatic rings. The van der Waals surface area contributed by atoms with Gasteiger partial charge < -0.3 is 0 Å². The summed E-state index contributed by atoms with van der Waals surface area (Å²) in [5.41, 5.74) is 4.88. The van der Waals surface area contributed by atoms with Crippen LogP contribution in [0.5, 0.6) is 0 Å². The molecule has 0 unspecified atom stereocenters. The highest BCUT2D eigenvalue weighted by molar-refractivity contribution is 9.11. The smallest absolute Gasteiger partial charge is 0.0412 e. The number of hydrogen-bond donors (Lipinski definition) is 0. The van der Waals surface area contributed by atoms with E-state index in [4.69, 9.17) is 23.2 Å². The molecule has 0 heterocycles. The molecule has 0 atom stereocenters. The number of allylic oxidation sites excluding steroid dienone is 1. The van der Waals surface area contributed by atoms with Gasteiger partial charge in [-0.05, 0) is 46.5 Å². The molecule has 0 amide bonds. The quantitative estimate of drug-likeness (QED) is 0.624. The lowest BCUT2D eigenvalue weighted by atomic mass is 9.99. The third kappa shape index (κ3) is 2.11. The topological polar surface area (TPSA) is 0 Å². The Hall–Kier alpha value is -0.760. The minimum Gasteiger partial charge on any atom is -0.0843 e. The first-order valence-electron chi connectivity index (χ1n) is 5.58. The Morgan fingerprint density at radius 1 is 0.889 bits per heavy atom. The Bertz CT molecular complexity index is 642. The number of rotatable bonds is 1. The van der Waals surface area contributed by atoms with Crippen molar-refractivity contribution in [2.45, 2.75) is 6.42 Å². The Labute approximate surface area is 124 Å². The lowest BCUT2D eigenvalue weighted by Crippen LogP contribution is -1.87. The molecular formula is C15H9BrCl2. The third-order valence-electron chi connectivity index (χ3n) is 3.09. The summed E-state index contributed by atoms with van der Waals surface area (Å²) in [6, 6.07) is 13.9. The number of fused-ring (bicyclic) bond motifs is 1. The van der Waals surface area contributed by atoms with Crippen LogP contribution in [0.4, 0.5) is 0 Å². The van der Waals surface area contributed by atoms with Crippen LogP contribution in [0.25, 0.3) is 5.57 Å². The van der Waals surface area contributed by atoms with Crippen LogP contribution in [-0.4, -0.2) is 0 Å². The van der Waals surface area contributed by atoms with Crippen molar-refractivity contribution < 1.29 is 0 Å². The van der Waals surface area contributed by atoms with E-state index in [2.05, 4.69) is 22.0 Å². The van der Waals surface area contributed by atoms with Crippen molar-refractivity contribution in [1.82, 2.24) is 0 Å². The lowest BCUT2D eigenvalue weighted by molar-refractivity contribution is 1.30. The summed E-state index contributed by atoms with van der Waals surface area (Å²) in [7, 11) is 0. The minimum absolute atomic E-state index is 0.750. The average molecular weight is 340 g/mol. The van der Waals surface area contributed by atoms with Crippen molar-refractivity contribution >= 4 is 44.7 Å². The van der Waals surface area contributed by atoms with Crippen LogP contribution in [0, 0.1) is 0 Å². The van der Waals surface area contributed by atoms with Crippen LogP contribution < -0.4 is 0 Å². The van der Waals surface area contributed by atoms with Crippen LogP contribution in [0.1, 0.15) is 16.7 Å². The van der Waals surface area contributed by atoms with Crippen molar-refractivity contribution in [2.24, 2.45) is 0 Å². The predicted molar refractivity (Wildman–Crippen MR) is 81.6 cm³/mol. The summed E-state index contributed by atoms with van der Waals surface area (Å²) < 4.78 is 1.20. The first-order valence-corrected chi connectivity index (χ1v) is 7.13. The maximum Gasteiger partial charge on any atom is 0.0412 e. The Balaban J connectivity index is 2.16. The first-order chi connectivity index (χ1) is 8.65. The van der Waals surface area contributed by atoms with Crippen LogP contribution >= 0.6 is 39.1 Å². The van der Waals surface area contributed by atoms with E-state index in [9.17, 15) is 0 Å². The highest BCUT2D eigenvalue weighted by Crippen LogP contribution is 2.41. The highest BCUT2D eigenvalue weighted by Gasteiger charge is 2.21. The van der Waals surface area contributed by atoms with Crippen LogP contribution in [0.15, 0.2) is 46.9 Å². The second-order valence-electron chi connectivity index (χ2n) is 4.27. The molecule has 2 aromatic rings. The Morgan fingerprint density at radius 2 is 1.56 bits per heavy atom. The number of benzene rings is 2. The highest BCUT2D eigenvalue weighted by atomic mass is 79.9. The zero-order chi connectivity index (χ0) is 12.7. The van der Waals surface area contributed by atoms with E-state index in [1.165, 1.54) is 21.2 Å². The maximum absolute atomic E-state index is 6.09. The van der Waals surface area contributed by atoms with Gasteiger partial charge in [0, 0.05) is 20.9 Å². The third-order valence-corrected chi connectivity index (χ3v) is 4.26. The van der Waals surface area contributed by atoms with E-state index in [-0.39, 0.29) is 0 Å². The largest absolute Gasteiger partial charge is 0.0843 e. The Kier molecular flexibility index (Phi) is 3.23. The molecule has 0 fully saturated rings. The van der Waals surface area contributed by atoms with E-state index in [0.717, 1.165) is 22.0 Å². The van der Waals surface area contributed by atoms with Crippen molar-refractivity contribution in [3.8, 4) is 0 Å². The fourth-order valence-electron chi connectivity index (χ4n) is 2.27. The maximum atomic E-state index is 6.09. The molecule has 0 nitrogen and oxygen atoms in total. The van der Waals surface area contributed by atoms with E-state index in [1.54, 1.807) is 0 Å². The van der Waals surface area contributed by atoms with Crippen molar-refractivity contribution in [2.75, 3.05) is 0 Å². The average Bonchev–Trinajstić information content (AvgIpc) is 2.66.